The van der Waals surface area contributed by atoms with Crippen molar-refractivity contribution in [3.05, 3.63) is 94.0 Å². The third kappa shape index (κ3) is 7.69. The number of carbonyl (C=O) groups is 1. The zero-order valence-electron chi connectivity index (χ0n) is 21.5. The van der Waals surface area contributed by atoms with Crippen LogP contribution in [0.5, 0.6) is 17.2 Å². The summed E-state index contributed by atoms with van der Waals surface area (Å²) in [6, 6.07) is 23.1. The van der Waals surface area contributed by atoms with Crippen LogP contribution in [0.15, 0.2) is 77.3 Å². The molecule has 0 radical (unpaired) electrons. The van der Waals surface area contributed by atoms with Crippen molar-refractivity contribution in [1.29, 1.82) is 5.26 Å². The highest BCUT2D eigenvalue weighted by molar-refractivity contribution is 8.02. The summed E-state index contributed by atoms with van der Waals surface area (Å²) in [7, 11) is 4.76. The van der Waals surface area contributed by atoms with Crippen LogP contribution in [-0.2, 0) is 17.0 Å². The summed E-state index contributed by atoms with van der Waals surface area (Å²) < 4.78 is 15.9. The lowest BCUT2D eigenvalue weighted by Gasteiger charge is -2.15. The van der Waals surface area contributed by atoms with Gasteiger partial charge in [-0.2, -0.15) is 5.26 Å². The van der Waals surface area contributed by atoms with Gasteiger partial charge in [0.1, 0.15) is 17.4 Å². The van der Waals surface area contributed by atoms with Gasteiger partial charge in [0.2, 0.25) is 0 Å². The van der Waals surface area contributed by atoms with E-state index >= 15 is 0 Å². The van der Waals surface area contributed by atoms with Crippen molar-refractivity contribution in [2.75, 3.05) is 33.2 Å². The van der Waals surface area contributed by atoms with Crippen LogP contribution < -0.4 is 24.8 Å². The predicted octanol–water partition coefficient (Wildman–Crippen LogP) is 5.46. The van der Waals surface area contributed by atoms with Gasteiger partial charge in [0.15, 0.2) is 11.5 Å². The fourth-order valence-electron chi connectivity index (χ4n) is 3.57. The average Bonchev–Trinajstić information content (AvgIpc) is 2.92. The number of methoxy groups -OCH3 is 3. The number of benzene rings is 3. The molecule has 0 spiro atoms. The molecule has 0 saturated heterocycles. The number of nitrogens with zero attached hydrogens (tertiary/aromatic N) is 1. The Labute approximate surface area is 222 Å². The van der Waals surface area contributed by atoms with E-state index in [-0.39, 0.29) is 5.57 Å². The Kier molecular flexibility index (Phi) is 10.3. The molecule has 37 heavy (non-hydrogen) atoms. The molecule has 0 aromatic heterocycles. The molecule has 0 fully saturated rings. The van der Waals surface area contributed by atoms with E-state index in [0.29, 0.717) is 41.0 Å². The van der Waals surface area contributed by atoms with Gasteiger partial charge in [-0.15, -0.1) is 11.8 Å². The highest BCUT2D eigenvalue weighted by Gasteiger charge is 2.17. The number of carbonyl (C=O) groups excluding carboxylic acids is 1. The smallest absolute Gasteiger partial charge is 0.264 e. The second-order valence-electron chi connectivity index (χ2n) is 8.08. The summed E-state index contributed by atoms with van der Waals surface area (Å²) in [5.41, 5.74) is 3.99. The number of rotatable bonds is 12. The Balaban J connectivity index is 1.79. The molecule has 1 amide bonds. The van der Waals surface area contributed by atoms with Crippen LogP contribution in [-0.4, -0.2) is 33.8 Å². The van der Waals surface area contributed by atoms with Crippen LogP contribution in [0.3, 0.4) is 0 Å². The Bertz CT molecular complexity index is 1300. The standard InChI is InChI=1S/C29H31N3O4S/c1-20-8-5-6-9-22(20)19-37-29(32-23-10-7-11-24(17-23)34-2)25(18-30)28(33)31-15-14-21-12-13-26(35-3)27(16-21)36-4/h5-13,16-17,32H,14-15,19H2,1-4H3,(H,31,33)/b29-25+. The molecule has 3 aromatic carbocycles. The minimum Gasteiger partial charge on any atom is -0.497 e. The van der Waals surface area contributed by atoms with E-state index in [2.05, 4.69) is 16.7 Å². The summed E-state index contributed by atoms with van der Waals surface area (Å²) in [6.45, 7) is 2.40. The lowest BCUT2D eigenvalue weighted by Crippen LogP contribution is -2.28. The molecule has 192 valence electrons. The van der Waals surface area contributed by atoms with Gasteiger partial charge in [-0.05, 0) is 54.3 Å². The average molecular weight is 518 g/mol. The Morgan fingerprint density at radius 1 is 0.946 bits per heavy atom. The maximum absolute atomic E-state index is 13.1. The van der Waals surface area contributed by atoms with Gasteiger partial charge in [0.05, 0.1) is 26.4 Å². The van der Waals surface area contributed by atoms with Crippen molar-refractivity contribution in [2.24, 2.45) is 0 Å². The van der Waals surface area contributed by atoms with Gasteiger partial charge in [-0.1, -0.05) is 36.4 Å². The molecule has 3 rings (SSSR count). The molecule has 0 atom stereocenters. The van der Waals surface area contributed by atoms with Crippen molar-refractivity contribution in [2.45, 2.75) is 19.1 Å². The molecule has 2 N–H and O–H groups in total. The maximum atomic E-state index is 13.1. The van der Waals surface area contributed by atoms with E-state index in [1.807, 2.05) is 73.7 Å². The van der Waals surface area contributed by atoms with Crippen molar-refractivity contribution >= 4 is 23.4 Å². The van der Waals surface area contributed by atoms with Gasteiger partial charge < -0.3 is 24.8 Å². The number of thioether (sulfide) groups is 1. The topological polar surface area (TPSA) is 92.6 Å². The van der Waals surface area contributed by atoms with Crippen molar-refractivity contribution in [3.63, 3.8) is 0 Å². The summed E-state index contributed by atoms with van der Waals surface area (Å²) in [6.07, 6.45) is 0.569. The maximum Gasteiger partial charge on any atom is 0.264 e. The van der Waals surface area contributed by atoms with E-state index in [1.54, 1.807) is 21.3 Å². The Hall–Kier alpha value is -4.09. The number of aryl methyl sites for hydroxylation is 1. The number of ether oxygens (including phenoxy) is 3. The summed E-state index contributed by atoms with van der Waals surface area (Å²) in [4.78, 5) is 13.1. The number of nitriles is 1. The van der Waals surface area contributed by atoms with Crippen LogP contribution in [0.2, 0.25) is 0 Å². The molecule has 7 nitrogen and oxygen atoms in total. The van der Waals surface area contributed by atoms with Crippen LogP contribution in [0.4, 0.5) is 5.69 Å². The largest absolute Gasteiger partial charge is 0.497 e. The Morgan fingerprint density at radius 2 is 1.73 bits per heavy atom. The molecule has 0 aliphatic rings. The highest BCUT2D eigenvalue weighted by Crippen LogP contribution is 2.29. The van der Waals surface area contributed by atoms with Gasteiger partial charge in [-0.25, -0.2) is 0 Å². The predicted molar refractivity (Wildman–Crippen MR) is 148 cm³/mol. The van der Waals surface area contributed by atoms with E-state index in [0.717, 1.165) is 22.4 Å². The number of anilines is 1. The number of amides is 1. The lowest BCUT2D eigenvalue weighted by molar-refractivity contribution is -0.117. The van der Waals surface area contributed by atoms with Crippen LogP contribution in [0.1, 0.15) is 16.7 Å². The SMILES string of the molecule is COc1cccc(N/C(SCc2ccccc2C)=C(/C#N)C(=O)NCCc2ccc(OC)c(OC)c2)c1. The lowest BCUT2D eigenvalue weighted by atomic mass is 10.1. The van der Waals surface area contributed by atoms with Crippen LogP contribution >= 0.6 is 11.8 Å². The highest BCUT2D eigenvalue weighted by atomic mass is 32.2. The van der Waals surface area contributed by atoms with Crippen molar-refractivity contribution < 1.29 is 19.0 Å². The molecule has 3 aromatic rings. The molecule has 0 bridgehead atoms. The van der Waals surface area contributed by atoms with E-state index < -0.39 is 5.91 Å². The monoisotopic (exact) mass is 517 g/mol. The van der Waals surface area contributed by atoms with Gasteiger partial charge in [-0.3, -0.25) is 4.79 Å². The second kappa shape index (κ2) is 13.9. The zero-order valence-corrected chi connectivity index (χ0v) is 22.3. The van der Waals surface area contributed by atoms with Gasteiger partial charge in [0.25, 0.3) is 5.91 Å². The molecule has 0 aliphatic carbocycles. The molecule has 0 saturated carbocycles. The minimum atomic E-state index is -0.439. The molecular weight excluding hydrogens is 486 g/mol. The summed E-state index contributed by atoms with van der Waals surface area (Å²) in [5.74, 6) is 2.10. The van der Waals surface area contributed by atoms with E-state index in [9.17, 15) is 10.1 Å². The summed E-state index contributed by atoms with van der Waals surface area (Å²) in [5, 5.41) is 16.6. The first kappa shape index (κ1) is 27.5. The molecular formula is C29H31N3O4S. The third-order valence-electron chi connectivity index (χ3n) is 5.67. The fourth-order valence-corrected chi connectivity index (χ4v) is 4.67. The third-order valence-corrected chi connectivity index (χ3v) is 6.72. The molecule has 8 heteroatoms. The second-order valence-corrected chi connectivity index (χ2v) is 9.07. The van der Waals surface area contributed by atoms with Gasteiger partial charge >= 0.3 is 0 Å². The fraction of sp³-hybridized carbons (Fsp3) is 0.241. The zero-order chi connectivity index (χ0) is 26.6. The van der Waals surface area contributed by atoms with Crippen molar-refractivity contribution in [3.8, 4) is 23.3 Å². The van der Waals surface area contributed by atoms with E-state index in [1.165, 1.54) is 11.8 Å². The van der Waals surface area contributed by atoms with Crippen molar-refractivity contribution in [1.82, 2.24) is 5.32 Å². The van der Waals surface area contributed by atoms with Gasteiger partial charge in [0, 0.05) is 24.1 Å². The van der Waals surface area contributed by atoms with Crippen LogP contribution in [0, 0.1) is 18.3 Å². The first-order valence-electron chi connectivity index (χ1n) is 11.7. The first-order valence-corrected chi connectivity index (χ1v) is 12.7. The normalized spacial score (nSPS) is 11.1. The number of hydrogen-bond donors (Lipinski definition) is 2. The summed E-state index contributed by atoms with van der Waals surface area (Å²) >= 11 is 1.41. The van der Waals surface area contributed by atoms with Crippen LogP contribution in [0.25, 0.3) is 0 Å². The number of hydrogen-bond acceptors (Lipinski definition) is 7. The Morgan fingerprint density at radius 3 is 2.43 bits per heavy atom. The first-order chi connectivity index (χ1) is 18.0. The minimum absolute atomic E-state index is 0.0220. The van der Waals surface area contributed by atoms with E-state index in [4.69, 9.17) is 14.2 Å². The molecule has 0 unspecified atom stereocenters. The number of nitrogens with one attached hydrogen (secondary N) is 2. The molecule has 0 heterocycles. The molecule has 0 aliphatic heterocycles. The quantitative estimate of drug-likeness (QED) is 0.243.